The Morgan fingerprint density at radius 1 is 0.362 bits per heavy atom. The molecule has 0 aliphatic heterocycles. The average Bonchev–Trinajstić information content (AvgIpc) is 3.79. The summed E-state index contributed by atoms with van der Waals surface area (Å²) in [5.41, 5.74) is 14.6. The fourth-order valence-electron chi connectivity index (χ4n) is 8.85. The molecule has 1 aliphatic rings. The lowest BCUT2D eigenvalue weighted by Crippen LogP contribution is -2.14. The zero-order valence-electron chi connectivity index (χ0n) is 32.1. The van der Waals surface area contributed by atoms with Crippen molar-refractivity contribution in [3.63, 3.8) is 0 Å². The smallest absolute Gasteiger partial charge is 0.164 e. The van der Waals surface area contributed by atoms with Crippen molar-refractivity contribution in [1.29, 1.82) is 0 Å². The van der Waals surface area contributed by atoms with Gasteiger partial charge in [0.05, 0.1) is 0 Å². The predicted molar refractivity (Wildman–Crippen MR) is 243 cm³/mol. The van der Waals surface area contributed by atoms with Crippen LogP contribution in [0.5, 0.6) is 0 Å². The maximum atomic E-state index is 5.39. The summed E-state index contributed by atoms with van der Waals surface area (Å²) in [5, 5.41) is 2.57. The standard InChI is InChI=1S/C54H37N3S/c1-54(2)46-27-11-9-23-44(46)49-45(26-15-28-47(49)54)53-56-51(37-21-13-20-36(30-37)41-24-14-25-43-42-22-10-12-29-48(42)58-50(41)43)55-52(57-53)40-32-38(34-16-5-3-6-17-34)31-39(33-40)35-18-7-4-8-19-35/h3-33H,1-2H3. The minimum Gasteiger partial charge on any atom is -0.208 e. The van der Waals surface area contributed by atoms with Crippen molar-refractivity contribution in [2.45, 2.75) is 19.3 Å². The van der Waals surface area contributed by atoms with Crippen LogP contribution in [-0.2, 0) is 5.41 Å². The highest BCUT2D eigenvalue weighted by Crippen LogP contribution is 2.52. The fraction of sp³-hybridized carbons (Fsp3) is 0.0556. The second kappa shape index (κ2) is 13.6. The minimum absolute atomic E-state index is 0.156. The number of nitrogens with zero attached hydrogens (tertiary/aromatic N) is 3. The third-order valence-corrected chi connectivity index (χ3v) is 12.9. The molecule has 0 radical (unpaired) electrons. The Labute approximate surface area is 342 Å². The Hall–Kier alpha value is -7.01. The van der Waals surface area contributed by atoms with Gasteiger partial charge in [-0.25, -0.2) is 15.0 Å². The van der Waals surface area contributed by atoms with Crippen LogP contribution >= 0.6 is 11.3 Å². The lowest BCUT2D eigenvalue weighted by atomic mass is 9.82. The van der Waals surface area contributed by atoms with Gasteiger partial charge in [0.15, 0.2) is 17.5 Å². The zero-order chi connectivity index (χ0) is 38.8. The van der Waals surface area contributed by atoms with Crippen molar-refractivity contribution in [2.24, 2.45) is 0 Å². The molecular weight excluding hydrogens is 723 g/mol. The quantitative estimate of drug-likeness (QED) is 0.169. The number of hydrogen-bond donors (Lipinski definition) is 0. The van der Waals surface area contributed by atoms with E-state index in [4.69, 9.17) is 15.0 Å². The van der Waals surface area contributed by atoms with Gasteiger partial charge in [0.25, 0.3) is 0 Å². The van der Waals surface area contributed by atoms with E-state index in [1.165, 1.54) is 48.0 Å². The van der Waals surface area contributed by atoms with Crippen LogP contribution < -0.4 is 0 Å². The Balaban J connectivity index is 1.15. The Morgan fingerprint density at radius 3 is 1.64 bits per heavy atom. The molecule has 1 aliphatic carbocycles. The van der Waals surface area contributed by atoms with E-state index >= 15 is 0 Å². The predicted octanol–water partition coefficient (Wildman–Crippen LogP) is 14.5. The van der Waals surface area contributed by atoms with Crippen molar-refractivity contribution >= 4 is 31.5 Å². The zero-order valence-corrected chi connectivity index (χ0v) is 33.0. The van der Waals surface area contributed by atoms with Gasteiger partial charge in [0, 0.05) is 42.3 Å². The highest BCUT2D eigenvalue weighted by atomic mass is 32.1. The molecule has 0 atom stereocenters. The summed E-state index contributed by atoms with van der Waals surface area (Å²) in [6.45, 7) is 4.63. The normalized spacial score (nSPS) is 12.8. The summed E-state index contributed by atoms with van der Waals surface area (Å²) >= 11 is 1.85. The summed E-state index contributed by atoms with van der Waals surface area (Å²) in [7, 11) is 0. The SMILES string of the molecule is CC1(C)c2ccccc2-c2c(-c3nc(-c4cc(-c5ccccc5)cc(-c5ccccc5)c4)nc(-c4cccc(-c5cccc6c5sc5ccccc56)c4)n3)cccc21. The Morgan fingerprint density at radius 2 is 0.862 bits per heavy atom. The van der Waals surface area contributed by atoms with Crippen molar-refractivity contribution in [3.8, 4) is 78.7 Å². The van der Waals surface area contributed by atoms with Crippen molar-refractivity contribution < 1.29 is 0 Å². The lowest BCUT2D eigenvalue weighted by molar-refractivity contribution is 0.660. The Kier molecular flexibility index (Phi) is 8.02. The van der Waals surface area contributed by atoms with E-state index in [0.29, 0.717) is 17.5 Å². The van der Waals surface area contributed by atoms with Crippen LogP contribution in [-0.4, -0.2) is 15.0 Å². The number of fused-ring (bicyclic) bond motifs is 6. The number of benzene rings is 8. The molecule has 11 rings (SSSR count). The van der Waals surface area contributed by atoms with Crippen LogP contribution in [0.15, 0.2) is 188 Å². The van der Waals surface area contributed by atoms with Gasteiger partial charge >= 0.3 is 0 Å². The van der Waals surface area contributed by atoms with Gasteiger partial charge in [-0.1, -0.05) is 172 Å². The monoisotopic (exact) mass is 759 g/mol. The van der Waals surface area contributed by atoms with Crippen molar-refractivity contribution in [1.82, 2.24) is 15.0 Å². The van der Waals surface area contributed by atoms with Gasteiger partial charge < -0.3 is 0 Å². The molecule has 0 bridgehead atoms. The fourth-order valence-corrected chi connectivity index (χ4v) is 10.1. The van der Waals surface area contributed by atoms with Crippen LogP contribution in [0.4, 0.5) is 0 Å². The summed E-state index contributed by atoms with van der Waals surface area (Å²) in [6, 6.07) is 67.2. The molecule has 2 aromatic heterocycles. The van der Waals surface area contributed by atoms with Gasteiger partial charge in [0.2, 0.25) is 0 Å². The summed E-state index contributed by atoms with van der Waals surface area (Å²) in [4.78, 5) is 16.1. The molecule has 3 nitrogen and oxygen atoms in total. The molecule has 0 spiro atoms. The molecule has 0 unspecified atom stereocenters. The largest absolute Gasteiger partial charge is 0.208 e. The molecule has 0 N–H and O–H groups in total. The van der Waals surface area contributed by atoms with Crippen molar-refractivity contribution in [2.75, 3.05) is 0 Å². The number of thiophene rings is 1. The van der Waals surface area contributed by atoms with Crippen LogP contribution in [0.2, 0.25) is 0 Å². The van der Waals surface area contributed by atoms with Crippen molar-refractivity contribution in [3.05, 3.63) is 199 Å². The molecule has 0 saturated carbocycles. The molecular formula is C54H37N3S. The average molecular weight is 760 g/mol. The first-order valence-electron chi connectivity index (χ1n) is 19.8. The van der Waals surface area contributed by atoms with E-state index in [9.17, 15) is 0 Å². The van der Waals surface area contributed by atoms with E-state index in [1.54, 1.807) is 0 Å². The molecule has 0 amide bonds. The van der Waals surface area contributed by atoms with Gasteiger partial charge in [-0.05, 0) is 86.0 Å². The summed E-state index contributed by atoms with van der Waals surface area (Å²) in [6.07, 6.45) is 0. The first kappa shape index (κ1) is 34.3. The molecule has 10 aromatic rings. The van der Waals surface area contributed by atoms with Gasteiger partial charge in [-0.2, -0.15) is 0 Å². The van der Waals surface area contributed by atoms with Gasteiger partial charge in [-0.15, -0.1) is 11.3 Å². The van der Waals surface area contributed by atoms with E-state index in [-0.39, 0.29) is 5.41 Å². The lowest BCUT2D eigenvalue weighted by Gasteiger charge is -2.21. The van der Waals surface area contributed by atoms with Crippen LogP contribution in [0, 0.1) is 0 Å². The molecule has 0 fully saturated rings. The number of rotatable bonds is 6. The second-order valence-electron chi connectivity index (χ2n) is 15.6. The summed E-state index contributed by atoms with van der Waals surface area (Å²) < 4.78 is 2.57. The molecule has 8 aromatic carbocycles. The number of hydrogen-bond acceptors (Lipinski definition) is 4. The van der Waals surface area contributed by atoms with Crippen LogP contribution in [0.3, 0.4) is 0 Å². The highest BCUT2D eigenvalue weighted by molar-refractivity contribution is 7.26. The topological polar surface area (TPSA) is 38.7 Å². The van der Waals surface area contributed by atoms with Gasteiger partial charge in [0.1, 0.15) is 0 Å². The molecule has 4 heteroatoms. The maximum Gasteiger partial charge on any atom is 0.164 e. The van der Waals surface area contributed by atoms with E-state index in [1.807, 2.05) is 11.3 Å². The van der Waals surface area contributed by atoms with Crippen LogP contribution in [0.25, 0.3) is 98.8 Å². The third-order valence-electron chi connectivity index (χ3n) is 11.7. The Bertz CT molecular complexity index is 3140. The van der Waals surface area contributed by atoms with E-state index < -0.39 is 0 Å². The maximum absolute atomic E-state index is 5.39. The summed E-state index contributed by atoms with van der Waals surface area (Å²) in [5.74, 6) is 1.93. The highest BCUT2D eigenvalue weighted by Gasteiger charge is 2.37. The first-order chi connectivity index (χ1) is 28.5. The number of aromatic nitrogens is 3. The van der Waals surface area contributed by atoms with Crippen LogP contribution in [0.1, 0.15) is 25.0 Å². The van der Waals surface area contributed by atoms with E-state index in [2.05, 4.69) is 202 Å². The molecule has 2 heterocycles. The molecule has 274 valence electrons. The minimum atomic E-state index is -0.156. The molecule has 58 heavy (non-hydrogen) atoms. The first-order valence-corrected chi connectivity index (χ1v) is 20.6. The second-order valence-corrected chi connectivity index (χ2v) is 16.6. The van der Waals surface area contributed by atoms with E-state index in [0.717, 1.165) is 44.5 Å². The van der Waals surface area contributed by atoms with Gasteiger partial charge in [-0.3, -0.25) is 0 Å². The molecule has 0 saturated heterocycles. The third kappa shape index (κ3) is 5.68.